The Morgan fingerprint density at radius 2 is 1.90 bits per heavy atom. The molecular weight excluding hydrogens is 248 g/mol. The molecule has 0 bridgehead atoms. The first-order valence-corrected chi connectivity index (χ1v) is 7.50. The molecule has 0 aliphatic heterocycles. The number of carbonyl (C=O) groups is 1. The van der Waals surface area contributed by atoms with Crippen LogP contribution in [0, 0.1) is 5.41 Å². The lowest BCUT2D eigenvalue weighted by molar-refractivity contribution is -0.132. The molecule has 0 saturated heterocycles. The third-order valence-corrected chi connectivity index (χ3v) is 3.60. The summed E-state index contributed by atoms with van der Waals surface area (Å²) in [7, 11) is 0. The van der Waals surface area contributed by atoms with Crippen LogP contribution < -0.4 is 5.73 Å². The van der Waals surface area contributed by atoms with Gasteiger partial charge in [-0.15, -0.1) is 0 Å². The maximum atomic E-state index is 12.2. The SMILES string of the molecule is CCN(CC(C)(C)CN)C(=O)CCCc1ccccc1. The molecule has 0 unspecified atom stereocenters. The van der Waals surface area contributed by atoms with Crippen LogP contribution in [0.25, 0.3) is 0 Å². The van der Waals surface area contributed by atoms with E-state index in [1.54, 1.807) is 0 Å². The first-order chi connectivity index (χ1) is 9.48. The first kappa shape index (κ1) is 16.7. The van der Waals surface area contributed by atoms with Crippen molar-refractivity contribution in [2.75, 3.05) is 19.6 Å². The van der Waals surface area contributed by atoms with Gasteiger partial charge in [-0.2, -0.15) is 0 Å². The van der Waals surface area contributed by atoms with E-state index in [1.807, 2.05) is 30.0 Å². The first-order valence-electron chi connectivity index (χ1n) is 7.50. The molecule has 0 heterocycles. The minimum Gasteiger partial charge on any atom is -0.342 e. The standard InChI is InChI=1S/C17H28N2O/c1-4-19(14-17(2,3)13-18)16(20)12-8-11-15-9-6-5-7-10-15/h5-7,9-10H,4,8,11-14,18H2,1-3H3. The van der Waals surface area contributed by atoms with Gasteiger partial charge in [-0.05, 0) is 37.3 Å². The van der Waals surface area contributed by atoms with Gasteiger partial charge in [-0.25, -0.2) is 0 Å². The van der Waals surface area contributed by atoms with E-state index in [9.17, 15) is 4.79 Å². The molecule has 1 aromatic carbocycles. The second kappa shape index (κ2) is 8.05. The number of nitrogens with zero attached hydrogens (tertiary/aromatic N) is 1. The van der Waals surface area contributed by atoms with Crippen molar-refractivity contribution in [2.24, 2.45) is 11.1 Å². The summed E-state index contributed by atoms with van der Waals surface area (Å²) in [5.74, 6) is 0.241. The summed E-state index contributed by atoms with van der Waals surface area (Å²) < 4.78 is 0. The van der Waals surface area contributed by atoms with E-state index in [-0.39, 0.29) is 11.3 Å². The van der Waals surface area contributed by atoms with E-state index in [4.69, 9.17) is 5.73 Å². The van der Waals surface area contributed by atoms with Gasteiger partial charge < -0.3 is 10.6 Å². The van der Waals surface area contributed by atoms with Gasteiger partial charge in [0.1, 0.15) is 0 Å². The number of amides is 1. The molecule has 0 fully saturated rings. The molecule has 3 nitrogen and oxygen atoms in total. The second-order valence-electron chi connectivity index (χ2n) is 6.12. The van der Waals surface area contributed by atoms with E-state index in [1.165, 1.54) is 5.56 Å². The summed E-state index contributed by atoms with van der Waals surface area (Å²) >= 11 is 0. The number of hydrogen-bond donors (Lipinski definition) is 1. The number of benzene rings is 1. The zero-order valence-electron chi connectivity index (χ0n) is 13.1. The third-order valence-electron chi connectivity index (χ3n) is 3.60. The normalized spacial score (nSPS) is 11.4. The molecule has 2 N–H and O–H groups in total. The van der Waals surface area contributed by atoms with E-state index in [2.05, 4.69) is 26.0 Å². The molecule has 0 atom stereocenters. The van der Waals surface area contributed by atoms with E-state index >= 15 is 0 Å². The molecular formula is C17H28N2O. The lowest BCUT2D eigenvalue weighted by Crippen LogP contribution is -2.41. The highest BCUT2D eigenvalue weighted by molar-refractivity contribution is 5.76. The van der Waals surface area contributed by atoms with Crippen molar-refractivity contribution >= 4 is 5.91 Å². The van der Waals surface area contributed by atoms with E-state index in [0.717, 1.165) is 25.9 Å². The lowest BCUT2D eigenvalue weighted by atomic mass is 9.93. The smallest absolute Gasteiger partial charge is 0.222 e. The number of hydrogen-bond acceptors (Lipinski definition) is 2. The Kier molecular flexibility index (Phi) is 6.73. The average molecular weight is 276 g/mol. The van der Waals surface area contributed by atoms with Crippen molar-refractivity contribution in [3.05, 3.63) is 35.9 Å². The van der Waals surface area contributed by atoms with Crippen LogP contribution in [0.15, 0.2) is 30.3 Å². The molecule has 20 heavy (non-hydrogen) atoms. The van der Waals surface area contributed by atoms with E-state index < -0.39 is 0 Å². The fourth-order valence-corrected chi connectivity index (χ4v) is 2.20. The average Bonchev–Trinajstić information content (AvgIpc) is 2.46. The summed E-state index contributed by atoms with van der Waals surface area (Å²) in [6, 6.07) is 10.3. The fraction of sp³-hybridized carbons (Fsp3) is 0.588. The summed E-state index contributed by atoms with van der Waals surface area (Å²) in [6.07, 6.45) is 2.48. The Morgan fingerprint density at radius 3 is 2.45 bits per heavy atom. The van der Waals surface area contributed by atoms with Gasteiger partial charge in [-0.1, -0.05) is 44.2 Å². The van der Waals surface area contributed by atoms with Crippen molar-refractivity contribution in [1.82, 2.24) is 4.90 Å². The number of rotatable bonds is 8. The minimum absolute atomic E-state index is 0.00883. The molecule has 3 heteroatoms. The van der Waals surface area contributed by atoms with Gasteiger partial charge in [0.15, 0.2) is 0 Å². The van der Waals surface area contributed by atoms with Crippen LogP contribution in [0.5, 0.6) is 0 Å². The predicted octanol–water partition coefficient (Wildman–Crippen LogP) is 2.84. The zero-order valence-corrected chi connectivity index (χ0v) is 13.1. The lowest BCUT2D eigenvalue weighted by Gasteiger charge is -2.31. The van der Waals surface area contributed by atoms with Gasteiger partial charge in [0.2, 0.25) is 5.91 Å². The molecule has 1 amide bonds. The Morgan fingerprint density at radius 1 is 1.25 bits per heavy atom. The molecule has 0 aromatic heterocycles. The monoisotopic (exact) mass is 276 g/mol. The zero-order chi connectivity index (χ0) is 15.0. The van der Waals surface area contributed by atoms with Gasteiger partial charge in [0, 0.05) is 19.5 Å². The fourth-order valence-electron chi connectivity index (χ4n) is 2.20. The molecule has 0 radical (unpaired) electrons. The number of aryl methyl sites for hydroxylation is 1. The van der Waals surface area contributed by atoms with Crippen LogP contribution in [-0.2, 0) is 11.2 Å². The highest BCUT2D eigenvalue weighted by Crippen LogP contribution is 2.16. The molecule has 1 aromatic rings. The van der Waals surface area contributed by atoms with Crippen LogP contribution in [0.1, 0.15) is 39.2 Å². The van der Waals surface area contributed by atoms with Crippen molar-refractivity contribution in [2.45, 2.75) is 40.0 Å². The van der Waals surface area contributed by atoms with Gasteiger partial charge in [-0.3, -0.25) is 4.79 Å². The highest BCUT2D eigenvalue weighted by Gasteiger charge is 2.22. The van der Waals surface area contributed by atoms with Crippen LogP contribution in [0.2, 0.25) is 0 Å². The highest BCUT2D eigenvalue weighted by atomic mass is 16.2. The second-order valence-corrected chi connectivity index (χ2v) is 6.12. The van der Waals surface area contributed by atoms with Crippen molar-refractivity contribution in [1.29, 1.82) is 0 Å². The molecule has 0 aliphatic carbocycles. The maximum Gasteiger partial charge on any atom is 0.222 e. The van der Waals surface area contributed by atoms with Gasteiger partial charge in [0.05, 0.1) is 0 Å². The molecule has 0 saturated carbocycles. The summed E-state index contributed by atoms with van der Waals surface area (Å²) in [5.41, 5.74) is 7.04. The summed E-state index contributed by atoms with van der Waals surface area (Å²) in [5, 5.41) is 0. The molecule has 112 valence electrons. The topological polar surface area (TPSA) is 46.3 Å². The van der Waals surface area contributed by atoms with Crippen LogP contribution >= 0.6 is 0 Å². The Hall–Kier alpha value is -1.35. The van der Waals surface area contributed by atoms with Crippen LogP contribution in [-0.4, -0.2) is 30.4 Å². The summed E-state index contributed by atoms with van der Waals surface area (Å²) in [6.45, 7) is 8.33. The summed E-state index contributed by atoms with van der Waals surface area (Å²) in [4.78, 5) is 14.2. The van der Waals surface area contributed by atoms with Crippen molar-refractivity contribution in [3.8, 4) is 0 Å². The van der Waals surface area contributed by atoms with Crippen molar-refractivity contribution < 1.29 is 4.79 Å². The molecule has 1 rings (SSSR count). The number of nitrogens with two attached hydrogens (primary N) is 1. The quantitative estimate of drug-likeness (QED) is 0.793. The largest absolute Gasteiger partial charge is 0.342 e. The Balaban J connectivity index is 2.40. The van der Waals surface area contributed by atoms with E-state index in [0.29, 0.717) is 13.0 Å². The maximum absolute atomic E-state index is 12.2. The Labute approximate surface area is 123 Å². The van der Waals surface area contributed by atoms with Gasteiger partial charge >= 0.3 is 0 Å². The van der Waals surface area contributed by atoms with Crippen LogP contribution in [0.3, 0.4) is 0 Å². The minimum atomic E-state index is -0.00883. The third kappa shape index (κ3) is 5.74. The van der Waals surface area contributed by atoms with Crippen molar-refractivity contribution in [3.63, 3.8) is 0 Å². The van der Waals surface area contributed by atoms with Crippen LogP contribution in [0.4, 0.5) is 0 Å². The molecule has 0 aliphatic rings. The Bertz CT molecular complexity index is 401. The number of carbonyl (C=O) groups excluding carboxylic acids is 1. The van der Waals surface area contributed by atoms with Gasteiger partial charge in [0.25, 0.3) is 0 Å². The molecule has 0 spiro atoms. The predicted molar refractivity (Wildman–Crippen MR) is 84.5 cm³/mol.